The van der Waals surface area contributed by atoms with Gasteiger partial charge in [0.2, 0.25) is 0 Å². The maximum Gasteiger partial charge on any atom is 0.157 e. The van der Waals surface area contributed by atoms with Crippen molar-refractivity contribution in [3.05, 3.63) is 48.7 Å². The van der Waals surface area contributed by atoms with Crippen molar-refractivity contribution in [2.75, 3.05) is 11.4 Å². The van der Waals surface area contributed by atoms with Gasteiger partial charge in [-0.1, -0.05) is 36.8 Å². The minimum absolute atomic E-state index is 0.673. The number of nitrogens with zero attached hydrogens (tertiary/aromatic N) is 4. The molecule has 2 fully saturated rings. The molecule has 3 aromatic rings. The summed E-state index contributed by atoms with van der Waals surface area (Å²) in [6, 6.07) is 15.3. The van der Waals surface area contributed by atoms with E-state index in [0.29, 0.717) is 6.04 Å². The molecule has 1 saturated heterocycles. The highest BCUT2D eigenvalue weighted by Crippen LogP contribution is 2.39. The largest absolute Gasteiger partial charge is 0.353 e. The highest BCUT2D eigenvalue weighted by molar-refractivity contribution is 5.67. The molecule has 1 aromatic carbocycles. The van der Waals surface area contributed by atoms with Gasteiger partial charge in [-0.15, -0.1) is 0 Å². The zero-order chi connectivity index (χ0) is 15.2. The van der Waals surface area contributed by atoms with Gasteiger partial charge in [-0.2, -0.15) is 9.61 Å². The second kappa shape index (κ2) is 5.08. The first-order chi connectivity index (χ1) is 11.4. The van der Waals surface area contributed by atoms with E-state index in [2.05, 4.69) is 40.3 Å². The third kappa shape index (κ3) is 2.12. The van der Waals surface area contributed by atoms with E-state index >= 15 is 0 Å². The highest BCUT2D eigenvalue weighted by Gasteiger charge is 2.36. The monoisotopic (exact) mass is 304 g/mol. The fourth-order valence-electron chi connectivity index (χ4n) is 4.28. The lowest BCUT2D eigenvalue weighted by Crippen LogP contribution is -2.30. The molecule has 0 radical (unpaired) electrons. The minimum Gasteiger partial charge on any atom is -0.353 e. The van der Waals surface area contributed by atoms with Crippen LogP contribution in [0.25, 0.3) is 16.9 Å². The SMILES string of the molecule is c1ccc(-c2cc(N3C[C@@H]4CCC[C@H]3C4)n3nccc3n2)cc1. The van der Waals surface area contributed by atoms with Crippen molar-refractivity contribution in [1.82, 2.24) is 14.6 Å². The third-order valence-electron chi connectivity index (χ3n) is 5.36. The Morgan fingerprint density at radius 3 is 2.83 bits per heavy atom. The first-order valence-electron chi connectivity index (χ1n) is 8.55. The Morgan fingerprint density at radius 2 is 1.96 bits per heavy atom. The Morgan fingerprint density at radius 1 is 1.04 bits per heavy atom. The van der Waals surface area contributed by atoms with E-state index in [4.69, 9.17) is 4.98 Å². The average molecular weight is 304 g/mol. The summed E-state index contributed by atoms with van der Waals surface area (Å²) in [6.07, 6.45) is 7.24. The lowest BCUT2D eigenvalue weighted by Gasteiger charge is -2.27. The van der Waals surface area contributed by atoms with Gasteiger partial charge in [0.25, 0.3) is 0 Å². The molecule has 5 rings (SSSR count). The highest BCUT2D eigenvalue weighted by atomic mass is 15.4. The first-order valence-corrected chi connectivity index (χ1v) is 8.55. The van der Waals surface area contributed by atoms with Crippen molar-refractivity contribution < 1.29 is 0 Å². The van der Waals surface area contributed by atoms with E-state index in [-0.39, 0.29) is 0 Å². The van der Waals surface area contributed by atoms with Gasteiger partial charge < -0.3 is 4.90 Å². The van der Waals surface area contributed by atoms with E-state index in [1.54, 1.807) is 0 Å². The molecule has 1 aliphatic carbocycles. The molecule has 0 N–H and O–H groups in total. The normalized spacial score (nSPS) is 23.6. The van der Waals surface area contributed by atoms with Crippen LogP contribution in [-0.4, -0.2) is 27.2 Å². The summed E-state index contributed by atoms with van der Waals surface area (Å²) in [5.41, 5.74) is 3.14. The van der Waals surface area contributed by atoms with Crippen molar-refractivity contribution in [1.29, 1.82) is 0 Å². The van der Waals surface area contributed by atoms with Gasteiger partial charge in [-0.25, -0.2) is 4.98 Å². The Bertz CT molecular complexity index is 839. The maximum absolute atomic E-state index is 4.80. The van der Waals surface area contributed by atoms with Gasteiger partial charge in [-0.3, -0.25) is 0 Å². The van der Waals surface area contributed by atoms with Gasteiger partial charge in [-0.05, 0) is 25.2 Å². The average Bonchev–Trinajstić information content (AvgIpc) is 3.19. The van der Waals surface area contributed by atoms with Crippen LogP contribution >= 0.6 is 0 Å². The van der Waals surface area contributed by atoms with Crippen molar-refractivity contribution in [3.8, 4) is 11.3 Å². The summed E-state index contributed by atoms with van der Waals surface area (Å²) < 4.78 is 2.01. The van der Waals surface area contributed by atoms with Crippen LogP contribution in [0, 0.1) is 5.92 Å². The molecular formula is C19H20N4. The van der Waals surface area contributed by atoms with Gasteiger partial charge in [0, 0.05) is 30.3 Å². The van der Waals surface area contributed by atoms with Crippen molar-refractivity contribution in [2.24, 2.45) is 5.92 Å². The van der Waals surface area contributed by atoms with Crippen LogP contribution in [0.2, 0.25) is 0 Å². The fraction of sp³-hybridized carbons (Fsp3) is 0.368. The quantitative estimate of drug-likeness (QED) is 0.722. The van der Waals surface area contributed by atoms with Crippen LogP contribution in [0.4, 0.5) is 5.82 Å². The number of rotatable bonds is 2. The second-order valence-corrected chi connectivity index (χ2v) is 6.81. The molecule has 3 heterocycles. The molecule has 2 aromatic heterocycles. The van der Waals surface area contributed by atoms with Crippen LogP contribution in [0.5, 0.6) is 0 Å². The van der Waals surface area contributed by atoms with Crippen LogP contribution in [0.3, 0.4) is 0 Å². The smallest absolute Gasteiger partial charge is 0.157 e. The minimum atomic E-state index is 0.673. The molecule has 23 heavy (non-hydrogen) atoms. The Balaban J connectivity index is 1.66. The number of hydrogen-bond donors (Lipinski definition) is 0. The van der Waals surface area contributed by atoms with E-state index in [9.17, 15) is 0 Å². The molecule has 2 atom stereocenters. The van der Waals surface area contributed by atoms with Gasteiger partial charge in [0.1, 0.15) is 5.82 Å². The molecule has 116 valence electrons. The lowest BCUT2D eigenvalue weighted by atomic mass is 9.90. The zero-order valence-corrected chi connectivity index (χ0v) is 13.1. The number of fused-ring (bicyclic) bond motifs is 3. The summed E-state index contributed by atoms with van der Waals surface area (Å²) in [4.78, 5) is 7.37. The Labute approximate surface area is 135 Å². The van der Waals surface area contributed by atoms with Gasteiger partial charge >= 0.3 is 0 Å². The zero-order valence-electron chi connectivity index (χ0n) is 13.1. The molecule has 0 spiro atoms. The standard InChI is InChI=1S/C19H20N4/c1-2-6-15(7-3-1)17-12-19(23-18(21-17)9-10-20-23)22-13-14-5-4-8-16(22)11-14/h1-3,6-7,9-10,12,14,16H,4-5,8,11,13H2/t14-,16+/m1/s1. The van der Waals surface area contributed by atoms with Crippen LogP contribution in [0.15, 0.2) is 48.7 Å². The van der Waals surface area contributed by atoms with Crippen molar-refractivity contribution in [3.63, 3.8) is 0 Å². The summed E-state index contributed by atoms with van der Waals surface area (Å²) in [6.45, 7) is 1.16. The van der Waals surface area contributed by atoms with E-state index in [0.717, 1.165) is 23.8 Å². The van der Waals surface area contributed by atoms with Gasteiger partial charge in [0.05, 0.1) is 11.9 Å². The van der Waals surface area contributed by atoms with Crippen LogP contribution in [-0.2, 0) is 0 Å². The van der Waals surface area contributed by atoms with Crippen LogP contribution in [0.1, 0.15) is 25.7 Å². The topological polar surface area (TPSA) is 33.4 Å². The summed E-state index contributed by atoms with van der Waals surface area (Å²) in [5, 5.41) is 4.52. The number of benzene rings is 1. The number of anilines is 1. The predicted octanol–water partition coefficient (Wildman–Crippen LogP) is 3.78. The van der Waals surface area contributed by atoms with E-state index < -0.39 is 0 Å². The fourth-order valence-corrected chi connectivity index (χ4v) is 4.28. The summed E-state index contributed by atoms with van der Waals surface area (Å²) in [5.74, 6) is 2.06. The molecule has 4 nitrogen and oxygen atoms in total. The molecular weight excluding hydrogens is 284 g/mol. The van der Waals surface area contributed by atoms with Crippen molar-refractivity contribution >= 4 is 11.5 Å². The summed E-state index contributed by atoms with van der Waals surface area (Å²) >= 11 is 0. The predicted molar refractivity (Wildman–Crippen MR) is 91.5 cm³/mol. The molecule has 0 amide bonds. The Kier molecular flexibility index (Phi) is 2.90. The van der Waals surface area contributed by atoms with E-state index in [1.807, 2.05) is 22.8 Å². The summed E-state index contributed by atoms with van der Waals surface area (Å²) in [7, 11) is 0. The van der Waals surface area contributed by atoms with Crippen molar-refractivity contribution in [2.45, 2.75) is 31.7 Å². The van der Waals surface area contributed by atoms with E-state index in [1.165, 1.54) is 37.1 Å². The molecule has 2 aliphatic rings. The Hall–Kier alpha value is -2.36. The van der Waals surface area contributed by atoms with Gasteiger partial charge in [0.15, 0.2) is 5.65 Å². The molecule has 4 heteroatoms. The maximum atomic E-state index is 4.80. The lowest BCUT2D eigenvalue weighted by molar-refractivity contribution is 0.414. The van der Waals surface area contributed by atoms with Crippen LogP contribution < -0.4 is 4.90 Å². The first kappa shape index (κ1) is 13.1. The number of aromatic nitrogens is 3. The molecule has 1 aliphatic heterocycles. The number of hydrogen-bond acceptors (Lipinski definition) is 3. The molecule has 0 unspecified atom stereocenters. The second-order valence-electron chi connectivity index (χ2n) is 6.81. The molecule has 1 saturated carbocycles. The molecule has 2 bridgehead atoms. The third-order valence-corrected chi connectivity index (χ3v) is 5.36.